The van der Waals surface area contributed by atoms with Gasteiger partial charge in [0.1, 0.15) is 5.82 Å². The lowest BCUT2D eigenvalue weighted by molar-refractivity contribution is 0.418. The molecule has 5 heteroatoms. The zero-order valence-corrected chi connectivity index (χ0v) is 11.0. The quantitative estimate of drug-likeness (QED) is 0.923. The maximum atomic E-state index is 13.4. The van der Waals surface area contributed by atoms with Crippen molar-refractivity contribution < 1.29 is 4.39 Å². The fourth-order valence-corrected chi connectivity index (χ4v) is 2.60. The van der Waals surface area contributed by atoms with Crippen LogP contribution in [0.25, 0.3) is 11.0 Å². The van der Waals surface area contributed by atoms with Gasteiger partial charge < -0.3 is 10.3 Å². The first-order valence-electron chi connectivity index (χ1n) is 6.15. The third-order valence-electron chi connectivity index (χ3n) is 4.02. The lowest BCUT2D eigenvalue weighted by Gasteiger charge is -2.15. The Morgan fingerprint density at radius 1 is 1.50 bits per heavy atom. The van der Waals surface area contributed by atoms with Gasteiger partial charge in [-0.05, 0) is 30.7 Å². The number of aromatic nitrogens is 2. The molecule has 0 atom stereocenters. The Labute approximate surface area is 110 Å². The molecule has 0 aliphatic heterocycles. The molecule has 0 spiro atoms. The summed E-state index contributed by atoms with van der Waals surface area (Å²) in [7, 11) is 0. The fraction of sp³-hybridized carbons (Fsp3) is 0.462. The Balaban J connectivity index is 2.10. The van der Waals surface area contributed by atoms with Crippen molar-refractivity contribution in [3.63, 3.8) is 0 Å². The normalized spacial score (nSPS) is 17.3. The highest BCUT2D eigenvalue weighted by Gasteiger charge is 2.41. The summed E-state index contributed by atoms with van der Waals surface area (Å²) in [6.07, 6.45) is 3.57. The number of benzene rings is 1. The maximum absolute atomic E-state index is 13.4. The number of halogens is 2. The molecule has 0 unspecified atom stereocenters. The van der Waals surface area contributed by atoms with Crippen LogP contribution in [0.2, 0.25) is 5.02 Å². The van der Waals surface area contributed by atoms with Crippen LogP contribution in [-0.2, 0) is 6.54 Å². The van der Waals surface area contributed by atoms with E-state index in [2.05, 4.69) is 11.9 Å². The van der Waals surface area contributed by atoms with E-state index < -0.39 is 5.82 Å². The van der Waals surface area contributed by atoms with Crippen molar-refractivity contribution in [2.45, 2.75) is 32.7 Å². The Hall–Kier alpha value is -1.29. The van der Waals surface area contributed by atoms with E-state index in [1.807, 2.05) is 4.57 Å². The third-order valence-corrected chi connectivity index (χ3v) is 4.31. The molecule has 2 aromatic rings. The summed E-state index contributed by atoms with van der Waals surface area (Å²) >= 11 is 5.83. The molecule has 0 amide bonds. The molecule has 96 valence electrons. The average molecular weight is 268 g/mol. The van der Waals surface area contributed by atoms with Crippen LogP contribution >= 0.6 is 11.6 Å². The van der Waals surface area contributed by atoms with E-state index in [1.165, 1.54) is 18.9 Å². The summed E-state index contributed by atoms with van der Waals surface area (Å²) in [5.74, 6) is -0.0168. The van der Waals surface area contributed by atoms with Crippen molar-refractivity contribution in [1.82, 2.24) is 9.55 Å². The second-order valence-corrected chi connectivity index (χ2v) is 5.57. The first-order valence-corrected chi connectivity index (χ1v) is 6.53. The summed E-state index contributed by atoms with van der Waals surface area (Å²) in [5.41, 5.74) is 7.67. The van der Waals surface area contributed by atoms with Gasteiger partial charge >= 0.3 is 0 Å². The van der Waals surface area contributed by atoms with Gasteiger partial charge in [0.2, 0.25) is 5.95 Å². The monoisotopic (exact) mass is 267 g/mol. The highest BCUT2D eigenvalue weighted by atomic mass is 35.5. The highest BCUT2D eigenvalue weighted by Crippen LogP contribution is 2.50. The minimum Gasteiger partial charge on any atom is -0.369 e. The second-order valence-electron chi connectivity index (χ2n) is 5.16. The molecule has 1 fully saturated rings. The number of rotatable bonds is 3. The van der Waals surface area contributed by atoms with Gasteiger partial charge in [0.05, 0.1) is 16.1 Å². The Morgan fingerprint density at radius 2 is 2.22 bits per heavy atom. The molecule has 2 N–H and O–H groups in total. The molecule has 18 heavy (non-hydrogen) atoms. The van der Waals surface area contributed by atoms with Crippen LogP contribution in [0.4, 0.5) is 10.3 Å². The predicted octanol–water partition coefficient (Wildman–Crippen LogP) is 3.60. The first kappa shape index (κ1) is 11.8. The number of hydrogen-bond acceptors (Lipinski definition) is 2. The minimum atomic E-state index is -0.453. The van der Waals surface area contributed by atoms with Crippen molar-refractivity contribution >= 4 is 28.6 Å². The molecule has 1 aromatic carbocycles. The molecule has 1 aliphatic rings. The molecule has 0 bridgehead atoms. The van der Waals surface area contributed by atoms with Crippen LogP contribution in [0.15, 0.2) is 12.1 Å². The molecular formula is C13H15ClFN3. The van der Waals surface area contributed by atoms with Gasteiger partial charge in [-0.3, -0.25) is 0 Å². The van der Waals surface area contributed by atoms with E-state index >= 15 is 0 Å². The number of nitrogens with two attached hydrogens (primary N) is 1. The average Bonchev–Trinajstić information content (AvgIpc) is 3.05. The van der Waals surface area contributed by atoms with E-state index in [9.17, 15) is 4.39 Å². The van der Waals surface area contributed by atoms with Gasteiger partial charge in [0.25, 0.3) is 0 Å². The Morgan fingerprint density at radius 3 is 2.83 bits per heavy atom. The number of hydrogen-bond donors (Lipinski definition) is 1. The predicted molar refractivity (Wildman–Crippen MR) is 71.1 cm³/mol. The van der Waals surface area contributed by atoms with Crippen molar-refractivity contribution in [3.05, 3.63) is 23.0 Å². The van der Waals surface area contributed by atoms with E-state index in [0.29, 0.717) is 16.9 Å². The summed E-state index contributed by atoms with van der Waals surface area (Å²) in [6, 6.07) is 2.96. The van der Waals surface area contributed by atoms with E-state index in [0.717, 1.165) is 18.5 Å². The zero-order chi connectivity index (χ0) is 12.9. The van der Waals surface area contributed by atoms with Crippen LogP contribution < -0.4 is 5.73 Å². The zero-order valence-electron chi connectivity index (χ0n) is 10.2. The highest BCUT2D eigenvalue weighted by molar-refractivity contribution is 6.31. The second kappa shape index (κ2) is 3.85. The SMILES string of the molecule is CCC1(Cn2c(N)nc3cc(F)c(Cl)cc32)CC1. The summed E-state index contributed by atoms with van der Waals surface area (Å²) in [4.78, 5) is 4.20. The summed E-state index contributed by atoms with van der Waals surface area (Å²) in [6.45, 7) is 3.03. The number of nitrogen functional groups attached to an aromatic ring is 1. The molecule has 1 heterocycles. The summed E-state index contributed by atoms with van der Waals surface area (Å²) < 4.78 is 15.3. The summed E-state index contributed by atoms with van der Waals surface area (Å²) in [5, 5.41) is 0.116. The smallest absolute Gasteiger partial charge is 0.201 e. The van der Waals surface area contributed by atoms with Crippen molar-refractivity contribution in [3.8, 4) is 0 Å². The Kier molecular flexibility index (Phi) is 2.52. The molecular weight excluding hydrogens is 253 g/mol. The maximum Gasteiger partial charge on any atom is 0.201 e. The molecule has 1 aromatic heterocycles. The first-order chi connectivity index (χ1) is 8.54. The van der Waals surface area contributed by atoms with Gasteiger partial charge in [-0.2, -0.15) is 0 Å². The van der Waals surface area contributed by atoms with Gasteiger partial charge in [-0.1, -0.05) is 18.5 Å². The van der Waals surface area contributed by atoms with Crippen LogP contribution in [-0.4, -0.2) is 9.55 Å². The van der Waals surface area contributed by atoms with Gasteiger partial charge in [-0.15, -0.1) is 0 Å². The topological polar surface area (TPSA) is 43.8 Å². The van der Waals surface area contributed by atoms with Crippen molar-refractivity contribution in [2.75, 3.05) is 5.73 Å². The van der Waals surface area contributed by atoms with Crippen molar-refractivity contribution in [1.29, 1.82) is 0 Å². The van der Waals surface area contributed by atoms with E-state index in [1.54, 1.807) is 6.07 Å². The van der Waals surface area contributed by atoms with E-state index in [-0.39, 0.29) is 5.02 Å². The lowest BCUT2D eigenvalue weighted by atomic mass is 10.0. The molecule has 1 saturated carbocycles. The van der Waals surface area contributed by atoms with Gasteiger partial charge in [0.15, 0.2) is 0 Å². The van der Waals surface area contributed by atoms with Crippen LogP contribution in [0, 0.1) is 11.2 Å². The lowest BCUT2D eigenvalue weighted by Crippen LogP contribution is -2.13. The third kappa shape index (κ3) is 1.75. The molecule has 0 radical (unpaired) electrons. The van der Waals surface area contributed by atoms with Crippen LogP contribution in [0.3, 0.4) is 0 Å². The number of anilines is 1. The van der Waals surface area contributed by atoms with Gasteiger partial charge in [0, 0.05) is 12.6 Å². The minimum absolute atomic E-state index is 0.116. The van der Waals surface area contributed by atoms with Gasteiger partial charge in [-0.25, -0.2) is 9.37 Å². The molecule has 0 saturated heterocycles. The fourth-order valence-electron chi connectivity index (χ4n) is 2.44. The van der Waals surface area contributed by atoms with Crippen molar-refractivity contribution in [2.24, 2.45) is 5.41 Å². The van der Waals surface area contributed by atoms with Crippen LogP contribution in [0.1, 0.15) is 26.2 Å². The Bertz CT molecular complexity index is 616. The molecule has 3 nitrogen and oxygen atoms in total. The number of imidazole rings is 1. The largest absolute Gasteiger partial charge is 0.369 e. The molecule has 1 aliphatic carbocycles. The number of nitrogens with zero attached hydrogens (tertiary/aromatic N) is 2. The number of fused-ring (bicyclic) bond motifs is 1. The molecule has 3 rings (SSSR count). The standard InChI is InChI=1S/C13H15ClFN3/c1-2-13(3-4-13)7-18-11-5-8(14)9(15)6-10(11)17-12(18)16/h5-6H,2-4,7H2,1H3,(H2,16,17). The van der Waals surface area contributed by atoms with E-state index in [4.69, 9.17) is 17.3 Å². The van der Waals surface area contributed by atoms with Crippen LogP contribution in [0.5, 0.6) is 0 Å².